The second kappa shape index (κ2) is 6.41. The Hall–Kier alpha value is -1.99. The van der Waals surface area contributed by atoms with Gasteiger partial charge in [0.2, 0.25) is 0 Å². The van der Waals surface area contributed by atoms with Crippen molar-refractivity contribution in [1.82, 2.24) is 9.55 Å². The number of aromatic amines is 1. The van der Waals surface area contributed by atoms with Gasteiger partial charge in [0.15, 0.2) is 0 Å². The van der Waals surface area contributed by atoms with Crippen LogP contribution in [0.25, 0.3) is 0 Å². The molecule has 2 heterocycles. The maximum absolute atomic E-state index is 12.0. The van der Waals surface area contributed by atoms with Gasteiger partial charge in [-0.15, -0.1) is 0 Å². The molecular weight excluding hydrogens is 294 g/mol. The molecule has 9 heteroatoms. The predicted octanol–water partition coefficient (Wildman–Crippen LogP) is -1.48. The molecule has 1 aromatic heterocycles. The minimum atomic E-state index is -1.89. The molecule has 0 radical (unpaired) electrons. The molecule has 0 saturated carbocycles. The number of H-pyrrole nitrogens is 1. The fraction of sp³-hybridized carbons (Fsp3) is 0.615. The van der Waals surface area contributed by atoms with Crippen LogP contribution in [0.2, 0.25) is 0 Å². The molecule has 4 atom stereocenters. The van der Waals surface area contributed by atoms with Gasteiger partial charge in [-0.1, -0.05) is 0 Å². The van der Waals surface area contributed by atoms with Crippen molar-refractivity contribution >= 4 is 0 Å². The van der Waals surface area contributed by atoms with E-state index in [-0.39, 0.29) is 6.61 Å². The smallest absolute Gasteiger partial charge is 0.331 e. The predicted molar refractivity (Wildman–Crippen MR) is 73.1 cm³/mol. The summed E-state index contributed by atoms with van der Waals surface area (Å²) >= 11 is 0. The summed E-state index contributed by atoms with van der Waals surface area (Å²) < 4.78 is 16.9. The zero-order valence-electron chi connectivity index (χ0n) is 12.2. The van der Waals surface area contributed by atoms with Gasteiger partial charge in [-0.05, 0) is 6.92 Å². The summed E-state index contributed by atoms with van der Waals surface area (Å²) in [5, 5.41) is 19.8. The van der Waals surface area contributed by atoms with Crippen molar-refractivity contribution in [3.05, 3.63) is 33.1 Å². The van der Waals surface area contributed by atoms with Gasteiger partial charge in [0.05, 0.1) is 6.61 Å². The highest BCUT2D eigenvalue weighted by molar-refractivity contribution is 5.13. The second-order valence-electron chi connectivity index (χ2n) is 4.75. The molecule has 120 valence electrons. The quantitative estimate of drug-likeness (QED) is 0.679. The van der Waals surface area contributed by atoms with Gasteiger partial charge in [-0.3, -0.25) is 14.3 Å². The molecule has 2 N–H and O–H groups in total. The molecule has 1 aliphatic heterocycles. The van der Waals surface area contributed by atoms with Crippen LogP contribution in [-0.2, 0) is 19.9 Å². The topological polar surface area (TPSA) is 127 Å². The third-order valence-electron chi connectivity index (χ3n) is 3.49. The van der Waals surface area contributed by atoms with E-state index in [2.05, 4.69) is 0 Å². The van der Waals surface area contributed by atoms with E-state index in [4.69, 9.17) is 14.2 Å². The zero-order valence-corrected chi connectivity index (χ0v) is 12.2. The van der Waals surface area contributed by atoms with Crippen molar-refractivity contribution in [2.75, 3.05) is 20.3 Å². The van der Waals surface area contributed by atoms with E-state index in [0.717, 1.165) is 16.8 Å². The summed E-state index contributed by atoms with van der Waals surface area (Å²) in [6.45, 7) is 2.22. The molecule has 2 rings (SSSR count). The third kappa shape index (κ3) is 2.57. The van der Waals surface area contributed by atoms with Gasteiger partial charge in [-0.25, -0.2) is 4.79 Å². The van der Waals surface area contributed by atoms with Crippen molar-refractivity contribution in [1.29, 1.82) is 5.26 Å². The van der Waals surface area contributed by atoms with E-state index in [1.54, 1.807) is 6.92 Å². The van der Waals surface area contributed by atoms with Crippen LogP contribution in [0.1, 0.15) is 6.92 Å². The number of nitriles is 1. The first-order valence-electron chi connectivity index (χ1n) is 6.70. The average molecular weight is 311 g/mol. The lowest BCUT2D eigenvalue weighted by Crippen LogP contribution is -2.51. The van der Waals surface area contributed by atoms with Gasteiger partial charge < -0.3 is 19.3 Å². The van der Waals surface area contributed by atoms with Crippen LogP contribution in [0.15, 0.2) is 21.9 Å². The Balaban J connectivity index is 2.49. The standard InChI is InChI=1S/C13H17N3O6/c1-3-21-6-8-10(18)11(20-2)13(7-14,22-8)16-5-4-9(17)15-12(16)19/h4-5,8,10-11,18H,3,6H2,1-2H3,(H,15,17,19). The van der Waals surface area contributed by atoms with Gasteiger partial charge in [0.1, 0.15) is 24.4 Å². The lowest BCUT2D eigenvalue weighted by atomic mass is 10.0. The molecule has 4 unspecified atom stereocenters. The van der Waals surface area contributed by atoms with Gasteiger partial charge in [-0.2, -0.15) is 5.26 Å². The first-order valence-corrected chi connectivity index (χ1v) is 6.70. The minimum absolute atomic E-state index is 0.0407. The van der Waals surface area contributed by atoms with Crippen molar-refractivity contribution in [2.24, 2.45) is 0 Å². The largest absolute Gasteiger partial charge is 0.387 e. The molecule has 22 heavy (non-hydrogen) atoms. The number of aliphatic hydroxyl groups is 1. The Morgan fingerprint density at radius 1 is 1.59 bits per heavy atom. The molecule has 1 fully saturated rings. The van der Waals surface area contributed by atoms with Gasteiger partial charge >= 0.3 is 5.69 Å². The lowest BCUT2D eigenvalue weighted by molar-refractivity contribution is -0.121. The van der Waals surface area contributed by atoms with Gasteiger partial charge in [0.25, 0.3) is 11.3 Å². The number of nitrogens with zero attached hydrogens (tertiary/aromatic N) is 2. The Kier molecular flexibility index (Phi) is 4.77. The number of nitrogens with one attached hydrogen (secondary N) is 1. The molecule has 0 aliphatic carbocycles. The number of aliphatic hydroxyl groups excluding tert-OH is 1. The highest BCUT2D eigenvalue weighted by Gasteiger charge is 2.58. The number of aromatic nitrogens is 2. The molecular formula is C13H17N3O6. The normalized spacial score (nSPS) is 31.1. The molecule has 1 aromatic rings. The molecule has 0 spiro atoms. The minimum Gasteiger partial charge on any atom is -0.387 e. The van der Waals surface area contributed by atoms with Crippen LogP contribution in [0.3, 0.4) is 0 Å². The van der Waals surface area contributed by atoms with Crippen LogP contribution < -0.4 is 11.2 Å². The molecule has 9 nitrogen and oxygen atoms in total. The monoisotopic (exact) mass is 311 g/mol. The highest BCUT2D eigenvalue weighted by Crippen LogP contribution is 2.36. The molecule has 1 aliphatic rings. The Bertz CT molecular complexity index is 677. The molecule has 0 amide bonds. The lowest BCUT2D eigenvalue weighted by Gasteiger charge is -2.28. The Morgan fingerprint density at radius 2 is 2.32 bits per heavy atom. The number of methoxy groups -OCH3 is 1. The fourth-order valence-corrected chi connectivity index (χ4v) is 2.48. The van der Waals surface area contributed by atoms with E-state index >= 15 is 0 Å². The summed E-state index contributed by atoms with van der Waals surface area (Å²) in [6, 6.07) is 2.95. The molecule has 0 bridgehead atoms. The zero-order chi connectivity index (χ0) is 16.3. The van der Waals surface area contributed by atoms with Crippen molar-refractivity contribution in [3.8, 4) is 6.07 Å². The Morgan fingerprint density at radius 3 is 2.86 bits per heavy atom. The maximum Gasteiger partial charge on any atom is 0.331 e. The third-order valence-corrected chi connectivity index (χ3v) is 3.49. The number of rotatable bonds is 5. The van der Waals surface area contributed by atoms with E-state index < -0.39 is 35.3 Å². The van der Waals surface area contributed by atoms with E-state index in [1.165, 1.54) is 7.11 Å². The van der Waals surface area contributed by atoms with Crippen LogP contribution in [0, 0.1) is 11.3 Å². The number of hydrogen-bond acceptors (Lipinski definition) is 7. The molecule has 0 aromatic carbocycles. The summed E-state index contributed by atoms with van der Waals surface area (Å²) in [4.78, 5) is 25.2. The van der Waals surface area contributed by atoms with Crippen LogP contribution in [-0.4, -0.2) is 53.3 Å². The first kappa shape index (κ1) is 16.4. The number of hydrogen-bond donors (Lipinski definition) is 2. The fourth-order valence-electron chi connectivity index (χ4n) is 2.48. The first-order chi connectivity index (χ1) is 10.5. The van der Waals surface area contributed by atoms with Crippen molar-refractivity contribution in [3.63, 3.8) is 0 Å². The van der Waals surface area contributed by atoms with Crippen LogP contribution >= 0.6 is 0 Å². The van der Waals surface area contributed by atoms with Crippen molar-refractivity contribution in [2.45, 2.75) is 31.0 Å². The van der Waals surface area contributed by atoms with E-state index in [9.17, 15) is 20.0 Å². The number of ether oxygens (including phenoxy) is 3. The van der Waals surface area contributed by atoms with E-state index in [1.807, 2.05) is 11.1 Å². The summed E-state index contributed by atoms with van der Waals surface area (Å²) in [6.07, 6.45) is -2.00. The average Bonchev–Trinajstić information content (AvgIpc) is 2.77. The second-order valence-corrected chi connectivity index (χ2v) is 4.75. The van der Waals surface area contributed by atoms with Gasteiger partial charge in [0, 0.05) is 26.0 Å². The molecule has 1 saturated heterocycles. The Labute approximate surface area is 125 Å². The summed E-state index contributed by atoms with van der Waals surface area (Å²) in [5.74, 6) is 0. The SMILES string of the molecule is CCOCC1OC(C#N)(n2ccc(=O)[nH]c2=O)C(OC)C1O. The summed E-state index contributed by atoms with van der Waals surface area (Å²) in [7, 11) is 1.29. The summed E-state index contributed by atoms with van der Waals surface area (Å²) in [5.41, 5.74) is -3.33. The van der Waals surface area contributed by atoms with Crippen LogP contribution in [0.4, 0.5) is 0 Å². The highest BCUT2D eigenvalue weighted by atomic mass is 16.6. The maximum atomic E-state index is 12.0. The van der Waals surface area contributed by atoms with Crippen molar-refractivity contribution < 1.29 is 19.3 Å². The van der Waals surface area contributed by atoms with E-state index in [0.29, 0.717) is 6.61 Å². The van der Waals surface area contributed by atoms with Crippen LogP contribution in [0.5, 0.6) is 0 Å².